The molecule has 3 heteroatoms. The van der Waals surface area contributed by atoms with E-state index >= 15 is 0 Å². The minimum Gasteiger partial charge on any atom is -0.480 e. The van der Waals surface area contributed by atoms with Crippen LogP contribution in [0.2, 0.25) is 0 Å². The maximum atomic E-state index is 10.4. The van der Waals surface area contributed by atoms with E-state index in [1.807, 2.05) is 30.3 Å². The zero-order valence-corrected chi connectivity index (χ0v) is 6.60. The van der Waals surface area contributed by atoms with E-state index in [4.69, 9.17) is 10.8 Å². The third-order valence-corrected chi connectivity index (χ3v) is 1.62. The van der Waals surface area contributed by atoms with Crippen molar-refractivity contribution in [3.05, 3.63) is 35.9 Å². The first-order chi connectivity index (χ1) is 5.70. The standard InChI is InChI=1S/C9H11NO2/c10-8(9(11)12)6-7-4-2-1-3-5-7/h1-5,8H,6,10H2,(H,11,12)/i1+1,2+1,3+1,4+1,5+1,7+1. The maximum absolute atomic E-state index is 10.4. The summed E-state index contributed by atoms with van der Waals surface area (Å²) in [7, 11) is 0. The molecule has 3 N–H and O–H groups in total. The van der Waals surface area contributed by atoms with Gasteiger partial charge in [-0.1, -0.05) is 30.3 Å². The number of carboxylic acids is 1. The molecule has 0 aliphatic carbocycles. The normalized spacial score (nSPS) is 12.4. The lowest BCUT2D eigenvalue weighted by molar-refractivity contribution is -0.138. The largest absolute Gasteiger partial charge is 0.480 e. The molecule has 0 fully saturated rings. The van der Waals surface area contributed by atoms with Gasteiger partial charge >= 0.3 is 5.97 Å². The minimum atomic E-state index is -0.959. The fourth-order valence-electron chi connectivity index (χ4n) is 0.955. The second kappa shape index (κ2) is 3.88. The molecular weight excluding hydrogens is 160 g/mol. The van der Waals surface area contributed by atoms with Gasteiger partial charge in [0.2, 0.25) is 0 Å². The van der Waals surface area contributed by atoms with Gasteiger partial charge in [0.15, 0.2) is 0 Å². The van der Waals surface area contributed by atoms with Crippen LogP contribution in [0.1, 0.15) is 5.56 Å². The number of hydrogen-bond donors (Lipinski definition) is 2. The lowest BCUT2D eigenvalue weighted by Gasteiger charge is -2.04. The quantitative estimate of drug-likeness (QED) is 0.701. The van der Waals surface area contributed by atoms with Crippen LogP contribution in [0.3, 0.4) is 0 Å². The summed E-state index contributed by atoms with van der Waals surface area (Å²) in [6.45, 7) is 0. The smallest absolute Gasteiger partial charge is 0.320 e. The Balaban J connectivity index is 2.58. The Morgan fingerprint density at radius 2 is 2.00 bits per heavy atom. The summed E-state index contributed by atoms with van der Waals surface area (Å²) < 4.78 is 0. The Labute approximate surface area is 70.8 Å². The van der Waals surface area contributed by atoms with Crippen molar-refractivity contribution in [3.63, 3.8) is 0 Å². The zero-order valence-electron chi connectivity index (χ0n) is 6.60. The van der Waals surface area contributed by atoms with Crippen LogP contribution < -0.4 is 5.73 Å². The Hall–Kier alpha value is -1.35. The number of nitrogens with two attached hydrogens (primary N) is 1. The van der Waals surface area contributed by atoms with Gasteiger partial charge in [-0.05, 0) is 12.0 Å². The molecule has 1 unspecified atom stereocenters. The molecule has 0 aliphatic heterocycles. The molecule has 0 amide bonds. The highest BCUT2D eigenvalue weighted by molar-refractivity contribution is 5.73. The average molecular weight is 171 g/mol. The summed E-state index contributed by atoms with van der Waals surface area (Å²) in [6.07, 6.45) is 0.385. The van der Waals surface area contributed by atoms with Crippen LogP contribution >= 0.6 is 0 Å². The maximum Gasteiger partial charge on any atom is 0.320 e. The molecule has 64 valence electrons. The summed E-state index contributed by atoms with van der Waals surface area (Å²) in [5, 5.41) is 8.52. The van der Waals surface area contributed by atoms with Gasteiger partial charge in [0.05, 0.1) is 0 Å². The Morgan fingerprint density at radius 3 is 2.50 bits per heavy atom. The van der Waals surface area contributed by atoms with Gasteiger partial charge < -0.3 is 10.8 Å². The molecule has 0 spiro atoms. The molecular formula is C9H11NO2. The van der Waals surface area contributed by atoms with Gasteiger partial charge in [-0.2, -0.15) is 0 Å². The van der Waals surface area contributed by atoms with Crippen LogP contribution in [-0.2, 0) is 11.2 Å². The molecule has 0 saturated heterocycles. The van der Waals surface area contributed by atoms with Gasteiger partial charge in [-0.3, -0.25) is 4.79 Å². The molecule has 0 saturated carbocycles. The van der Waals surface area contributed by atoms with Crippen LogP contribution in [0.4, 0.5) is 0 Å². The van der Waals surface area contributed by atoms with Crippen molar-refractivity contribution in [1.82, 2.24) is 0 Å². The van der Waals surface area contributed by atoms with Gasteiger partial charge in [-0.15, -0.1) is 0 Å². The Morgan fingerprint density at radius 1 is 1.42 bits per heavy atom. The third-order valence-electron chi connectivity index (χ3n) is 1.62. The SMILES string of the molecule is NC(C[13c]1[13cH][13cH][13cH][13cH][13cH]1)C(=O)O. The molecule has 0 aromatic heterocycles. The number of carboxylic acid groups (broad SMARTS) is 1. The van der Waals surface area contributed by atoms with Crippen molar-refractivity contribution in [3.8, 4) is 0 Å². The zero-order chi connectivity index (χ0) is 8.97. The minimum absolute atomic E-state index is 0.385. The molecule has 0 bridgehead atoms. The van der Waals surface area contributed by atoms with Gasteiger partial charge in [0.25, 0.3) is 0 Å². The van der Waals surface area contributed by atoms with Crippen LogP contribution in [0.15, 0.2) is 30.3 Å². The number of aliphatic carboxylic acids is 1. The number of hydrogen-bond acceptors (Lipinski definition) is 2. The summed E-state index contributed by atoms with van der Waals surface area (Å²) in [6, 6.07) is 8.54. The lowest BCUT2D eigenvalue weighted by atomic mass is 10.3. The van der Waals surface area contributed by atoms with Crippen molar-refractivity contribution in [2.75, 3.05) is 0 Å². The van der Waals surface area contributed by atoms with Gasteiger partial charge in [0, 0.05) is 0 Å². The second-order valence-electron chi connectivity index (χ2n) is 2.63. The van der Waals surface area contributed by atoms with E-state index in [0.717, 1.165) is 5.56 Å². The first-order valence-electron chi connectivity index (χ1n) is 3.72. The first kappa shape index (κ1) is 8.74. The first-order valence-corrected chi connectivity index (χ1v) is 3.72. The van der Waals surface area contributed by atoms with Gasteiger partial charge in [0.1, 0.15) is 6.04 Å². The van der Waals surface area contributed by atoms with E-state index in [-0.39, 0.29) is 0 Å². The van der Waals surface area contributed by atoms with Crippen LogP contribution in [0.25, 0.3) is 0 Å². The van der Waals surface area contributed by atoms with E-state index in [0.29, 0.717) is 6.42 Å². The Kier molecular flexibility index (Phi) is 2.82. The van der Waals surface area contributed by atoms with E-state index in [2.05, 4.69) is 0 Å². The molecule has 0 aliphatic rings. The van der Waals surface area contributed by atoms with Crippen molar-refractivity contribution >= 4 is 5.97 Å². The number of rotatable bonds is 3. The molecule has 1 aromatic rings. The predicted octanol–water partition coefficient (Wildman–Crippen LogP) is 0.641. The molecule has 0 radical (unpaired) electrons. The van der Waals surface area contributed by atoms with Gasteiger partial charge in [-0.25, -0.2) is 0 Å². The topological polar surface area (TPSA) is 63.3 Å². The van der Waals surface area contributed by atoms with Crippen molar-refractivity contribution in [2.24, 2.45) is 5.73 Å². The molecule has 0 heterocycles. The average Bonchev–Trinajstić information content (AvgIpc) is 2.06. The fourth-order valence-corrected chi connectivity index (χ4v) is 0.955. The number of benzene rings is 1. The van der Waals surface area contributed by atoms with E-state index in [9.17, 15) is 4.79 Å². The van der Waals surface area contributed by atoms with Crippen LogP contribution in [0, 0.1) is 0 Å². The molecule has 1 aromatic carbocycles. The van der Waals surface area contributed by atoms with E-state index < -0.39 is 12.0 Å². The summed E-state index contributed by atoms with van der Waals surface area (Å²) >= 11 is 0. The molecule has 1 rings (SSSR count). The lowest BCUT2D eigenvalue weighted by Crippen LogP contribution is -2.32. The highest BCUT2D eigenvalue weighted by Crippen LogP contribution is 2.01. The van der Waals surface area contributed by atoms with Crippen molar-refractivity contribution in [2.45, 2.75) is 12.5 Å². The van der Waals surface area contributed by atoms with Crippen LogP contribution in [0.5, 0.6) is 0 Å². The third kappa shape index (κ3) is 2.36. The monoisotopic (exact) mass is 171 g/mol. The predicted molar refractivity (Wildman–Crippen MR) is 45.8 cm³/mol. The Bertz CT molecular complexity index is 258. The summed E-state index contributed by atoms with van der Waals surface area (Å²) in [5.74, 6) is -0.959. The van der Waals surface area contributed by atoms with Crippen LogP contribution in [-0.4, -0.2) is 17.1 Å². The van der Waals surface area contributed by atoms with Crippen molar-refractivity contribution < 1.29 is 9.90 Å². The second-order valence-corrected chi connectivity index (χ2v) is 2.63. The number of carbonyl (C=O) groups is 1. The molecule has 3 nitrogen and oxygen atoms in total. The summed E-state index contributed by atoms with van der Waals surface area (Å²) in [4.78, 5) is 10.4. The van der Waals surface area contributed by atoms with Crippen molar-refractivity contribution in [1.29, 1.82) is 0 Å². The molecule has 12 heavy (non-hydrogen) atoms. The highest BCUT2D eigenvalue weighted by Gasteiger charge is 2.10. The summed E-state index contributed by atoms with van der Waals surface area (Å²) in [5.41, 5.74) is 6.30. The molecule has 1 atom stereocenters. The fraction of sp³-hybridized carbons (Fsp3) is 0.222. The highest BCUT2D eigenvalue weighted by atomic mass is 16.4. The van der Waals surface area contributed by atoms with E-state index in [1.54, 1.807) is 0 Å². The van der Waals surface area contributed by atoms with E-state index in [1.165, 1.54) is 0 Å².